The van der Waals surface area contributed by atoms with Crippen molar-refractivity contribution >= 4 is 5.91 Å². The van der Waals surface area contributed by atoms with E-state index in [4.69, 9.17) is 18.4 Å². The lowest BCUT2D eigenvalue weighted by Crippen LogP contribution is -2.32. The van der Waals surface area contributed by atoms with Gasteiger partial charge in [0.2, 0.25) is 0 Å². The van der Waals surface area contributed by atoms with Gasteiger partial charge in [0.15, 0.2) is 0 Å². The van der Waals surface area contributed by atoms with E-state index < -0.39 is 85.3 Å². The smallest absolute Gasteiger partial charge is 0.394 e. The van der Waals surface area contributed by atoms with Crippen molar-refractivity contribution in [2.45, 2.75) is 19.5 Å². The van der Waals surface area contributed by atoms with Crippen molar-refractivity contribution in [3.63, 3.8) is 0 Å². The molecule has 4 rings (SSSR count). The minimum atomic E-state index is -3.49. The Bertz CT molecular complexity index is 1490. The zero-order valence-corrected chi connectivity index (χ0v) is 15.3. The van der Waals surface area contributed by atoms with Crippen LogP contribution in [0.5, 0.6) is 11.5 Å². The summed E-state index contributed by atoms with van der Waals surface area (Å²) < 4.78 is 118. The highest BCUT2D eigenvalue weighted by Crippen LogP contribution is 2.31. The molecule has 2 heterocycles. The van der Waals surface area contributed by atoms with Gasteiger partial charge in [-0.15, -0.1) is 0 Å². The summed E-state index contributed by atoms with van der Waals surface area (Å²) in [5.74, 6) is -3.28. The third kappa shape index (κ3) is 4.53. The van der Waals surface area contributed by atoms with Crippen LogP contribution in [0.3, 0.4) is 0 Å². The van der Waals surface area contributed by atoms with Gasteiger partial charge in [0.25, 0.3) is 5.91 Å². The Balaban J connectivity index is 1.90. The highest BCUT2D eigenvalue weighted by Gasteiger charge is 2.25. The summed E-state index contributed by atoms with van der Waals surface area (Å²) in [6.07, 6.45) is -5.12. The highest BCUT2D eigenvalue weighted by atomic mass is 19.3. The van der Waals surface area contributed by atoms with Crippen molar-refractivity contribution in [3.05, 3.63) is 72.2 Å². The number of nitrogens with zero attached hydrogens (tertiary/aromatic N) is 3. The van der Waals surface area contributed by atoms with Gasteiger partial charge in [-0.3, -0.25) is 4.79 Å². The number of hydrogen-bond acceptors (Lipinski definition) is 5. The van der Waals surface area contributed by atoms with Crippen molar-refractivity contribution in [2.75, 3.05) is 13.1 Å². The van der Waals surface area contributed by atoms with Crippen LogP contribution in [0.15, 0.2) is 60.8 Å². The molecule has 3 aromatic rings. The number of carbonyl (C=O) groups excluding carboxylic acids is 1. The third-order valence-electron chi connectivity index (χ3n) is 3.74. The summed E-state index contributed by atoms with van der Waals surface area (Å²) in [6.45, 7) is -6.52. The Kier molecular flexibility index (Phi) is 2.96. The number of benzene rings is 2. The van der Waals surface area contributed by atoms with Gasteiger partial charge in [-0.05, 0) is 41.4 Å². The van der Waals surface area contributed by atoms with E-state index in [9.17, 15) is 13.6 Å². The predicted molar refractivity (Wildman–Crippen MR) is 105 cm³/mol. The molecule has 2 aromatic carbocycles. The standard InChI is InChI=1S/C22H19F2N3O3/c1-22(23,24)30-17-6-3-15(4-7-17)16-5-8-19-18(13-16)21(28)27(11-12-29-19)14-20-25-9-2-10-26-20/h2-10,13H,11-12,14H2,1H3/i2D,5D,8D,9D,10D,12D2,13D,14D2. The van der Waals surface area contributed by atoms with Crippen molar-refractivity contribution in [3.8, 4) is 22.6 Å². The summed E-state index contributed by atoms with van der Waals surface area (Å²) in [5.41, 5.74) is -1.05. The number of halogens is 2. The molecule has 1 aromatic heterocycles. The molecule has 0 spiro atoms. The van der Waals surface area contributed by atoms with Crippen LogP contribution in [0, 0.1) is 0 Å². The van der Waals surface area contributed by atoms with E-state index >= 15 is 0 Å². The number of aromatic nitrogens is 2. The molecule has 8 heteroatoms. The number of ether oxygens (including phenoxy) is 2. The quantitative estimate of drug-likeness (QED) is 0.619. The van der Waals surface area contributed by atoms with Crippen molar-refractivity contribution in [2.24, 2.45) is 0 Å². The lowest BCUT2D eigenvalue weighted by Gasteiger charge is -2.19. The second kappa shape index (κ2) is 8.06. The summed E-state index contributed by atoms with van der Waals surface area (Å²) in [5, 5.41) is 0. The fraction of sp³-hybridized carbons (Fsp3) is 0.227. The van der Waals surface area contributed by atoms with Crippen LogP contribution in [-0.4, -0.2) is 40.0 Å². The predicted octanol–water partition coefficient (Wildman–Crippen LogP) is 4.17. The number of fused-ring (bicyclic) bond motifs is 1. The van der Waals surface area contributed by atoms with E-state index in [1.165, 1.54) is 12.1 Å². The molecule has 0 fully saturated rings. The van der Waals surface area contributed by atoms with Gasteiger partial charge in [0.05, 0.1) is 32.3 Å². The molecule has 30 heavy (non-hydrogen) atoms. The Morgan fingerprint density at radius 3 is 2.70 bits per heavy atom. The third-order valence-corrected chi connectivity index (χ3v) is 3.74. The fourth-order valence-corrected chi connectivity index (χ4v) is 2.51. The molecule has 154 valence electrons. The molecule has 0 saturated carbocycles. The summed E-state index contributed by atoms with van der Waals surface area (Å²) >= 11 is 0. The fourth-order valence-electron chi connectivity index (χ4n) is 2.51. The van der Waals surface area contributed by atoms with Crippen LogP contribution in [-0.2, 0) is 6.50 Å². The Labute approximate surface area is 186 Å². The average Bonchev–Trinajstić information content (AvgIpc) is 2.94. The summed E-state index contributed by atoms with van der Waals surface area (Å²) in [4.78, 5) is 21.1. The maximum absolute atomic E-state index is 13.7. The number of carbonyl (C=O) groups is 1. The number of hydrogen-bond donors (Lipinski definition) is 0. The second-order valence-electron chi connectivity index (χ2n) is 6.03. The maximum Gasteiger partial charge on any atom is 0.394 e. The summed E-state index contributed by atoms with van der Waals surface area (Å²) in [6, 6.07) is 1.77. The van der Waals surface area contributed by atoms with E-state index in [0.29, 0.717) is 6.92 Å². The number of amides is 1. The number of alkyl halides is 2. The topological polar surface area (TPSA) is 64.6 Å². The lowest BCUT2D eigenvalue weighted by molar-refractivity contribution is -0.158. The van der Waals surface area contributed by atoms with Crippen molar-refractivity contribution < 1.29 is 36.8 Å². The largest absolute Gasteiger partial charge is 0.491 e. The van der Waals surface area contributed by atoms with Crippen LogP contribution >= 0.6 is 0 Å². The minimum Gasteiger partial charge on any atom is -0.491 e. The first kappa shape index (κ1) is 11.0. The van der Waals surface area contributed by atoms with E-state index in [-0.39, 0.29) is 21.8 Å². The average molecular weight is 421 g/mol. The molecule has 1 amide bonds. The highest BCUT2D eigenvalue weighted by molar-refractivity contribution is 5.98. The molecule has 0 aliphatic carbocycles. The monoisotopic (exact) mass is 421 g/mol. The van der Waals surface area contributed by atoms with Crippen molar-refractivity contribution in [1.29, 1.82) is 0 Å². The van der Waals surface area contributed by atoms with Crippen LogP contribution in [0.2, 0.25) is 0 Å². The molecule has 1 aliphatic rings. The van der Waals surface area contributed by atoms with Crippen LogP contribution < -0.4 is 9.47 Å². The van der Waals surface area contributed by atoms with Gasteiger partial charge in [0, 0.05) is 19.3 Å². The molecule has 1 aliphatic heterocycles. The van der Waals surface area contributed by atoms with E-state index in [0.717, 1.165) is 12.1 Å². The normalized spacial score (nSPS) is 20.9. The van der Waals surface area contributed by atoms with Gasteiger partial charge in [-0.1, -0.05) is 18.2 Å². The molecule has 0 bridgehead atoms. The van der Waals surface area contributed by atoms with Crippen LogP contribution in [0.1, 0.15) is 36.8 Å². The van der Waals surface area contributed by atoms with Gasteiger partial charge in [-0.25, -0.2) is 9.97 Å². The molecule has 0 atom stereocenters. The van der Waals surface area contributed by atoms with Crippen LogP contribution in [0.4, 0.5) is 8.78 Å². The molecular weight excluding hydrogens is 392 g/mol. The molecule has 0 N–H and O–H groups in total. The van der Waals surface area contributed by atoms with Crippen LogP contribution in [0.25, 0.3) is 11.1 Å². The minimum absolute atomic E-state index is 0.0414. The van der Waals surface area contributed by atoms with Gasteiger partial charge in [-0.2, -0.15) is 8.78 Å². The lowest BCUT2D eigenvalue weighted by atomic mass is 10.0. The zero-order chi connectivity index (χ0) is 29.9. The summed E-state index contributed by atoms with van der Waals surface area (Å²) in [7, 11) is 0. The Morgan fingerprint density at radius 1 is 1.27 bits per heavy atom. The second-order valence-corrected chi connectivity index (χ2v) is 6.03. The molecule has 0 radical (unpaired) electrons. The Morgan fingerprint density at radius 2 is 2.00 bits per heavy atom. The number of rotatable bonds is 5. The first-order chi connectivity index (χ1) is 18.3. The SMILES string of the molecule is [2H]c1nc(C([2H])([2H])N2CC([2H])([2H])Oc3c([2H])c([2H])c(-c4ccc(OC(C)(F)F)cc4)c([2H])c3C2=O)nc([2H])c1[2H]. The van der Waals surface area contributed by atoms with E-state index in [1.54, 1.807) is 0 Å². The molecule has 0 saturated heterocycles. The first-order valence-corrected chi connectivity index (χ1v) is 8.48. The Hall–Kier alpha value is -3.55. The van der Waals surface area contributed by atoms with E-state index in [2.05, 4.69) is 14.7 Å². The van der Waals surface area contributed by atoms with Gasteiger partial charge in [0.1, 0.15) is 23.9 Å². The van der Waals surface area contributed by atoms with Gasteiger partial charge < -0.3 is 14.4 Å². The van der Waals surface area contributed by atoms with E-state index in [1.807, 2.05) is 0 Å². The molecular formula is C22H19F2N3O3. The van der Waals surface area contributed by atoms with Crippen molar-refractivity contribution in [1.82, 2.24) is 14.9 Å². The molecule has 6 nitrogen and oxygen atoms in total. The maximum atomic E-state index is 13.7. The first-order valence-electron chi connectivity index (χ1n) is 13.5. The molecule has 0 unspecified atom stereocenters. The zero-order valence-electron chi connectivity index (χ0n) is 25.3. The van der Waals surface area contributed by atoms with Gasteiger partial charge >= 0.3 is 6.11 Å².